The number of carboxylic acids is 1. The van der Waals surface area contributed by atoms with Gasteiger partial charge in [-0.25, -0.2) is 8.42 Å². The number of hydrogen-bond acceptors (Lipinski definition) is 6. The van der Waals surface area contributed by atoms with Crippen LogP contribution in [0.5, 0.6) is 11.5 Å². The number of sulfone groups is 1. The second-order valence-corrected chi connectivity index (χ2v) is 10.7. The van der Waals surface area contributed by atoms with Crippen LogP contribution in [0.4, 0.5) is 0 Å². The molecular weight excluding hydrogens is 446 g/mol. The minimum atomic E-state index is -4.34. The van der Waals surface area contributed by atoms with Gasteiger partial charge in [-0.05, 0) is 56.9 Å². The van der Waals surface area contributed by atoms with Crippen LogP contribution in [0.3, 0.4) is 0 Å². The van der Waals surface area contributed by atoms with Gasteiger partial charge in [-0.2, -0.15) is 0 Å². The van der Waals surface area contributed by atoms with Crippen molar-refractivity contribution in [2.75, 3.05) is 14.2 Å². The number of methoxy groups -OCH3 is 1. The average Bonchev–Trinajstić information content (AvgIpc) is 3.31. The maximum Gasteiger partial charge on any atom is 0.306 e. The Morgan fingerprint density at radius 3 is 2.30 bits per heavy atom. The summed E-state index contributed by atoms with van der Waals surface area (Å²) in [6, 6.07) is 12.3. The lowest BCUT2D eigenvalue weighted by Crippen LogP contribution is -2.54. The molecule has 1 atom stereocenters. The molecule has 0 saturated heterocycles. The van der Waals surface area contributed by atoms with Crippen LogP contribution in [0, 0.1) is 0 Å². The first-order valence-corrected chi connectivity index (χ1v) is 12.2. The van der Waals surface area contributed by atoms with Crippen molar-refractivity contribution < 1.29 is 32.6 Å². The fraction of sp³-hybridized carbons (Fsp3) is 0.417. The van der Waals surface area contributed by atoms with Crippen molar-refractivity contribution in [1.82, 2.24) is 4.90 Å². The maximum atomic E-state index is 13.8. The van der Waals surface area contributed by atoms with Crippen LogP contribution >= 0.6 is 0 Å². The predicted octanol–water partition coefficient (Wildman–Crippen LogP) is 3.75. The van der Waals surface area contributed by atoms with E-state index in [0.29, 0.717) is 5.75 Å². The van der Waals surface area contributed by atoms with E-state index in [9.17, 15) is 23.1 Å². The number of amides is 1. The number of nitrogens with zero attached hydrogens (tertiary/aromatic N) is 1. The Hall–Kier alpha value is -3.07. The van der Waals surface area contributed by atoms with E-state index >= 15 is 0 Å². The van der Waals surface area contributed by atoms with Crippen molar-refractivity contribution in [1.29, 1.82) is 0 Å². The largest absolute Gasteiger partial charge is 0.493 e. The number of aliphatic carboxylic acids is 1. The van der Waals surface area contributed by atoms with Gasteiger partial charge >= 0.3 is 5.97 Å². The molecule has 0 aliphatic heterocycles. The Bertz CT molecular complexity index is 1110. The number of carbonyl (C=O) groups is 2. The van der Waals surface area contributed by atoms with E-state index in [1.807, 2.05) is 0 Å². The molecule has 1 saturated carbocycles. The lowest BCUT2D eigenvalue weighted by Gasteiger charge is -2.37. The summed E-state index contributed by atoms with van der Waals surface area (Å²) in [5.41, 5.74) is 0.256. The van der Waals surface area contributed by atoms with Gasteiger partial charge in [-0.15, -0.1) is 0 Å². The topological polar surface area (TPSA) is 110 Å². The monoisotopic (exact) mass is 475 g/mol. The first-order chi connectivity index (χ1) is 15.6. The summed E-state index contributed by atoms with van der Waals surface area (Å²) in [7, 11) is -1.58. The highest BCUT2D eigenvalue weighted by Gasteiger charge is 2.48. The summed E-state index contributed by atoms with van der Waals surface area (Å²) in [6.07, 6.45) is 2.97. The molecule has 0 spiro atoms. The molecule has 2 aromatic rings. The standard InChI is InChI=1S/C24H29NO7S/c1-24(16-22(26)27,25(2)23(28)17-9-5-4-6-10-17)33(29,30)19-13-14-20(31-3)21(15-19)32-18-11-7-8-12-18/h4-6,9-10,13-15,18H,7-8,11-12,16H2,1-3H3,(H,26,27). The van der Waals surface area contributed by atoms with Crippen LogP contribution in [0.2, 0.25) is 0 Å². The molecule has 0 radical (unpaired) electrons. The second-order valence-electron chi connectivity index (χ2n) is 8.32. The van der Waals surface area contributed by atoms with Gasteiger partial charge in [-0.3, -0.25) is 9.59 Å². The van der Waals surface area contributed by atoms with Crippen LogP contribution in [-0.4, -0.2) is 55.4 Å². The van der Waals surface area contributed by atoms with Gasteiger partial charge in [0.15, 0.2) is 16.4 Å². The van der Waals surface area contributed by atoms with E-state index in [2.05, 4.69) is 0 Å². The SMILES string of the molecule is COc1ccc(S(=O)(=O)C(C)(CC(=O)O)N(C)C(=O)c2ccccc2)cc1OC1CCCC1. The molecule has 0 bridgehead atoms. The van der Waals surface area contributed by atoms with E-state index in [1.54, 1.807) is 30.3 Å². The molecule has 1 fully saturated rings. The summed E-state index contributed by atoms with van der Waals surface area (Å²) >= 11 is 0. The zero-order valence-corrected chi connectivity index (χ0v) is 19.8. The lowest BCUT2D eigenvalue weighted by molar-refractivity contribution is -0.138. The minimum absolute atomic E-state index is 0.0374. The number of carboxylic acid groups (broad SMARTS) is 1. The molecule has 3 rings (SSSR count). The molecule has 1 amide bonds. The molecule has 178 valence electrons. The molecule has 1 aliphatic rings. The zero-order chi connectivity index (χ0) is 24.2. The van der Waals surface area contributed by atoms with Gasteiger partial charge < -0.3 is 19.5 Å². The highest BCUT2D eigenvalue weighted by atomic mass is 32.2. The molecule has 2 aromatic carbocycles. The molecule has 1 N–H and O–H groups in total. The molecule has 8 nitrogen and oxygen atoms in total. The van der Waals surface area contributed by atoms with E-state index in [1.165, 1.54) is 39.3 Å². The first-order valence-electron chi connectivity index (χ1n) is 10.7. The highest BCUT2D eigenvalue weighted by molar-refractivity contribution is 7.92. The Morgan fingerprint density at radius 1 is 1.09 bits per heavy atom. The van der Waals surface area contributed by atoms with Gasteiger partial charge in [0.05, 0.1) is 24.5 Å². The third kappa shape index (κ3) is 4.98. The minimum Gasteiger partial charge on any atom is -0.493 e. The van der Waals surface area contributed by atoms with Crippen molar-refractivity contribution in [3.8, 4) is 11.5 Å². The summed E-state index contributed by atoms with van der Waals surface area (Å²) in [4.78, 5) is 23.6. The van der Waals surface area contributed by atoms with Crippen molar-refractivity contribution in [2.24, 2.45) is 0 Å². The van der Waals surface area contributed by atoms with Crippen LogP contribution in [0.1, 0.15) is 49.4 Å². The average molecular weight is 476 g/mol. The first kappa shape index (κ1) is 24.6. The summed E-state index contributed by atoms with van der Waals surface area (Å²) in [5.74, 6) is -1.28. The third-order valence-electron chi connectivity index (χ3n) is 6.13. The van der Waals surface area contributed by atoms with Crippen LogP contribution in [0.25, 0.3) is 0 Å². The van der Waals surface area contributed by atoms with Crippen molar-refractivity contribution in [3.05, 3.63) is 54.1 Å². The highest BCUT2D eigenvalue weighted by Crippen LogP contribution is 2.38. The maximum absolute atomic E-state index is 13.8. The number of carbonyl (C=O) groups excluding carboxylic acids is 1. The van der Waals surface area contributed by atoms with Gasteiger partial charge in [0, 0.05) is 18.7 Å². The lowest BCUT2D eigenvalue weighted by atomic mass is 10.1. The third-order valence-corrected chi connectivity index (χ3v) is 8.58. The summed E-state index contributed by atoms with van der Waals surface area (Å²) in [6.45, 7) is 1.25. The molecule has 1 aliphatic carbocycles. The number of benzene rings is 2. The molecule has 1 unspecified atom stereocenters. The van der Waals surface area contributed by atoms with E-state index in [0.717, 1.165) is 30.6 Å². The normalized spacial score (nSPS) is 16.1. The molecular formula is C24H29NO7S. The van der Waals surface area contributed by atoms with Gasteiger partial charge in [0.25, 0.3) is 5.91 Å². The fourth-order valence-electron chi connectivity index (χ4n) is 4.02. The molecule has 0 aromatic heterocycles. The molecule has 33 heavy (non-hydrogen) atoms. The predicted molar refractivity (Wildman–Crippen MR) is 122 cm³/mol. The van der Waals surface area contributed by atoms with Crippen molar-refractivity contribution in [2.45, 2.75) is 54.9 Å². The van der Waals surface area contributed by atoms with Crippen LogP contribution in [-0.2, 0) is 14.6 Å². The number of hydrogen-bond donors (Lipinski definition) is 1. The van der Waals surface area contributed by atoms with E-state index in [-0.39, 0.29) is 22.3 Å². The quantitative estimate of drug-likeness (QED) is 0.588. The summed E-state index contributed by atoms with van der Waals surface area (Å²) in [5, 5.41) is 9.54. The van der Waals surface area contributed by atoms with E-state index < -0.39 is 33.0 Å². The zero-order valence-electron chi connectivity index (χ0n) is 19.0. The molecule has 0 heterocycles. The molecule has 9 heteroatoms. The number of ether oxygens (including phenoxy) is 2. The fourth-order valence-corrected chi connectivity index (χ4v) is 5.79. The Morgan fingerprint density at radius 2 is 1.73 bits per heavy atom. The van der Waals surface area contributed by atoms with E-state index in [4.69, 9.17) is 9.47 Å². The van der Waals surface area contributed by atoms with Crippen molar-refractivity contribution >= 4 is 21.7 Å². The van der Waals surface area contributed by atoms with Gasteiger partial charge in [-0.1, -0.05) is 18.2 Å². The Labute approximate surface area is 194 Å². The van der Waals surface area contributed by atoms with Gasteiger partial charge in [0.2, 0.25) is 9.84 Å². The number of rotatable bonds is 9. The van der Waals surface area contributed by atoms with Crippen molar-refractivity contribution in [3.63, 3.8) is 0 Å². The van der Waals surface area contributed by atoms with Gasteiger partial charge in [0.1, 0.15) is 0 Å². The second kappa shape index (κ2) is 9.82. The van der Waals surface area contributed by atoms with Crippen LogP contribution in [0.15, 0.2) is 53.4 Å². The van der Waals surface area contributed by atoms with Crippen LogP contribution < -0.4 is 9.47 Å². The Balaban J connectivity index is 2.04. The summed E-state index contributed by atoms with van der Waals surface area (Å²) < 4.78 is 39.0. The Kier molecular flexibility index (Phi) is 7.31. The smallest absolute Gasteiger partial charge is 0.306 e.